The van der Waals surface area contributed by atoms with Gasteiger partial charge in [0.1, 0.15) is 10.7 Å². The predicted molar refractivity (Wildman–Crippen MR) is 83.7 cm³/mol. The zero-order valence-corrected chi connectivity index (χ0v) is 13.4. The van der Waals surface area contributed by atoms with Crippen LogP contribution >= 0.6 is 0 Å². The number of H-pyrrole nitrogens is 1. The van der Waals surface area contributed by atoms with E-state index in [0.717, 1.165) is 30.5 Å². The van der Waals surface area contributed by atoms with Crippen molar-refractivity contribution < 1.29 is 26.0 Å². The predicted octanol–water partition coefficient (Wildman–Crippen LogP) is 3.61. The van der Waals surface area contributed by atoms with Crippen LogP contribution in [0.2, 0.25) is 0 Å². The van der Waals surface area contributed by atoms with Crippen LogP contribution in [-0.4, -0.2) is 24.1 Å². The van der Waals surface area contributed by atoms with Gasteiger partial charge in [-0.25, -0.2) is 12.8 Å². The number of fused-ring (bicyclic) bond motifs is 1. The molecule has 0 atom stereocenters. The molecule has 0 spiro atoms. The van der Waals surface area contributed by atoms with E-state index in [1.54, 1.807) is 6.07 Å². The van der Waals surface area contributed by atoms with Crippen LogP contribution in [0.5, 0.6) is 0 Å². The maximum atomic E-state index is 13.5. The average molecular weight is 384 g/mol. The van der Waals surface area contributed by atoms with E-state index in [1.165, 1.54) is 6.07 Å². The Labute approximate surface area is 144 Å². The molecule has 3 rings (SSSR count). The molecule has 0 saturated carbocycles. The molecular weight excluding hydrogens is 376 g/mol. The number of benzene rings is 2. The molecule has 1 aromatic heterocycles. The Bertz CT molecular complexity index is 1150. The van der Waals surface area contributed by atoms with Crippen LogP contribution in [0.4, 0.5) is 28.9 Å². The highest BCUT2D eigenvalue weighted by Crippen LogP contribution is 2.36. The molecule has 0 amide bonds. The van der Waals surface area contributed by atoms with Crippen molar-refractivity contribution in [2.75, 3.05) is 5.32 Å². The molecule has 2 aromatic carbocycles. The molecule has 26 heavy (non-hydrogen) atoms. The summed E-state index contributed by atoms with van der Waals surface area (Å²) in [6.45, 7) is 0. The highest BCUT2D eigenvalue weighted by atomic mass is 32.2. The van der Waals surface area contributed by atoms with Gasteiger partial charge in [0.05, 0.1) is 23.3 Å². The second kappa shape index (κ2) is 5.99. The van der Waals surface area contributed by atoms with Crippen molar-refractivity contribution in [3.63, 3.8) is 0 Å². The number of nitrogens with one attached hydrogen (secondary N) is 2. The summed E-state index contributed by atoms with van der Waals surface area (Å²) in [5.41, 5.74) is -5.43. The molecule has 0 aliphatic carbocycles. The molecule has 0 radical (unpaired) electrons. The Morgan fingerprint density at radius 1 is 1.19 bits per heavy atom. The first kappa shape index (κ1) is 17.7. The Morgan fingerprint density at radius 3 is 2.58 bits per heavy atom. The minimum Gasteiger partial charge on any atom is -0.355 e. The molecule has 1 heterocycles. The van der Waals surface area contributed by atoms with Crippen molar-refractivity contribution in [1.82, 2.24) is 10.2 Å². The quantitative estimate of drug-likeness (QED) is 0.672. The summed E-state index contributed by atoms with van der Waals surface area (Å²) in [4.78, 5) is -0.972. The van der Waals surface area contributed by atoms with E-state index >= 15 is 0 Å². The lowest BCUT2D eigenvalue weighted by atomic mass is 10.2. The normalized spacial score (nSPS) is 12.1. The highest BCUT2D eigenvalue weighted by Gasteiger charge is 2.48. The standard InChI is InChI=1S/C15H8F4N4O2S/c16-9-3-8(6-20)4-10(5-9)22-12-1-2-13(14-11(12)7-21-23-14)26(24,25)15(17,18)19/h1-5,7,22H,(H,21,23). The van der Waals surface area contributed by atoms with Gasteiger partial charge in [-0.15, -0.1) is 0 Å². The molecule has 6 nitrogen and oxygen atoms in total. The van der Waals surface area contributed by atoms with Gasteiger partial charge >= 0.3 is 5.51 Å². The number of nitriles is 1. The number of hydrogen-bond acceptors (Lipinski definition) is 5. The second-order valence-electron chi connectivity index (χ2n) is 5.18. The first-order valence-electron chi connectivity index (χ1n) is 6.88. The summed E-state index contributed by atoms with van der Waals surface area (Å²) in [7, 11) is -5.58. The number of aromatic nitrogens is 2. The maximum absolute atomic E-state index is 13.5. The maximum Gasteiger partial charge on any atom is 0.501 e. The fourth-order valence-electron chi connectivity index (χ4n) is 2.35. The fourth-order valence-corrected chi connectivity index (χ4v) is 3.27. The van der Waals surface area contributed by atoms with Gasteiger partial charge in [-0.2, -0.15) is 23.5 Å². The van der Waals surface area contributed by atoms with Crippen LogP contribution in [0.1, 0.15) is 5.56 Å². The van der Waals surface area contributed by atoms with Crippen LogP contribution in [0.25, 0.3) is 10.9 Å². The van der Waals surface area contributed by atoms with Crippen molar-refractivity contribution >= 4 is 32.1 Å². The van der Waals surface area contributed by atoms with Crippen molar-refractivity contribution in [1.29, 1.82) is 5.26 Å². The molecule has 0 saturated heterocycles. The minimum absolute atomic E-state index is 0.0345. The third-order valence-corrected chi connectivity index (χ3v) is 5.01. The molecule has 0 aliphatic rings. The van der Waals surface area contributed by atoms with E-state index in [0.29, 0.717) is 0 Å². The number of nitrogens with zero attached hydrogens (tertiary/aromatic N) is 2. The summed E-state index contributed by atoms with van der Waals surface area (Å²) in [6, 6.07) is 7.06. The lowest BCUT2D eigenvalue weighted by molar-refractivity contribution is -0.0435. The Hall–Kier alpha value is -3.13. The Balaban J connectivity index is 2.12. The molecule has 0 aliphatic heterocycles. The number of halogens is 4. The third kappa shape index (κ3) is 2.95. The van der Waals surface area contributed by atoms with Crippen molar-refractivity contribution in [2.45, 2.75) is 10.4 Å². The number of anilines is 2. The molecule has 2 N–H and O–H groups in total. The van der Waals surface area contributed by atoms with E-state index < -0.39 is 26.1 Å². The molecule has 0 unspecified atom stereocenters. The van der Waals surface area contributed by atoms with Crippen LogP contribution in [0.15, 0.2) is 41.4 Å². The second-order valence-corrected chi connectivity index (χ2v) is 7.09. The van der Waals surface area contributed by atoms with Gasteiger partial charge in [-0.05, 0) is 30.3 Å². The number of hydrogen-bond donors (Lipinski definition) is 2. The first-order chi connectivity index (χ1) is 12.1. The van der Waals surface area contributed by atoms with Gasteiger partial charge in [-0.1, -0.05) is 0 Å². The van der Waals surface area contributed by atoms with E-state index in [2.05, 4.69) is 15.5 Å². The summed E-state index contributed by atoms with van der Waals surface area (Å²) in [5, 5.41) is 17.5. The number of aromatic amines is 1. The summed E-state index contributed by atoms with van der Waals surface area (Å²) in [5.74, 6) is -0.689. The average Bonchev–Trinajstić information content (AvgIpc) is 3.03. The number of sulfone groups is 1. The Morgan fingerprint density at radius 2 is 1.92 bits per heavy atom. The SMILES string of the molecule is N#Cc1cc(F)cc(Nc2ccc(S(=O)(=O)C(F)(F)F)c3[nH]ncc23)c1. The lowest BCUT2D eigenvalue weighted by Gasteiger charge is -2.12. The lowest BCUT2D eigenvalue weighted by Crippen LogP contribution is -2.23. The smallest absolute Gasteiger partial charge is 0.355 e. The zero-order valence-electron chi connectivity index (χ0n) is 12.6. The summed E-state index contributed by atoms with van der Waals surface area (Å²) in [6.07, 6.45) is 1.14. The highest BCUT2D eigenvalue weighted by molar-refractivity contribution is 7.92. The summed E-state index contributed by atoms with van der Waals surface area (Å²) < 4.78 is 75.3. The topological polar surface area (TPSA) is 98.6 Å². The molecule has 134 valence electrons. The first-order valence-corrected chi connectivity index (χ1v) is 8.37. The van der Waals surface area contributed by atoms with Gasteiger partial charge in [0.15, 0.2) is 0 Å². The number of alkyl halides is 3. The molecule has 0 bridgehead atoms. The Kier molecular flexibility index (Phi) is 4.08. The monoisotopic (exact) mass is 384 g/mol. The van der Waals surface area contributed by atoms with Gasteiger partial charge < -0.3 is 5.32 Å². The number of rotatable bonds is 3. The van der Waals surface area contributed by atoms with Gasteiger partial charge in [0.2, 0.25) is 0 Å². The molecule has 0 fully saturated rings. The van der Waals surface area contributed by atoms with Crippen LogP contribution in [-0.2, 0) is 9.84 Å². The van der Waals surface area contributed by atoms with Crippen molar-refractivity contribution in [3.8, 4) is 6.07 Å². The molecule has 11 heteroatoms. The van der Waals surface area contributed by atoms with Gasteiger partial charge in [-0.3, -0.25) is 5.10 Å². The minimum atomic E-state index is -5.58. The molecule has 3 aromatic rings. The zero-order chi connectivity index (χ0) is 19.1. The van der Waals surface area contributed by atoms with Crippen LogP contribution in [0.3, 0.4) is 0 Å². The van der Waals surface area contributed by atoms with Crippen LogP contribution in [0, 0.1) is 17.1 Å². The van der Waals surface area contributed by atoms with Crippen molar-refractivity contribution in [2.24, 2.45) is 0 Å². The third-order valence-electron chi connectivity index (χ3n) is 3.48. The van der Waals surface area contributed by atoms with E-state index in [1.807, 2.05) is 0 Å². The van der Waals surface area contributed by atoms with Gasteiger partial charge in [0.25, 0.3) is 9.84 Å². The van der Waals surface area contributed by atoms with E-state index in [-0.39, 0.29) is 27.8 Å². The molecular formula is C15H8F4N4O2S. The fraction of sp³-hybridized carbons (Fsp3) is 0.0667. The van der Waals surface area contributed by atoms with E-state index in [9.17, 15) is 26.0 Å². The van der Waals surface area contributed by atoms with Crippen molar-refractivity contribution in [3.05, 3.63) is 47.9 Å². The summed E-state index contributed by atoms with van der Waals surface area (Å²) >= 11 is 0. The van der Waals surface area contributed by atoms with Crippen LogP contribution < -0.4 is 5.32 Å². The van der Waals surface area contributed by atoms with E-state index in [4.69, 9.17) is 5.26 Å². The largest absolute Gasteiger partial charge is 0.501 e. The van der Waals surface area contributed by atoms with Gasteiger partial charge in [0, 0.05) is 16.8 Å².